The molecule has 0 saturated heterocycles. The first kappa shape index (κ1) is 19.2. The van der Waals surface area contributed by atoms with Gasteiger partial charge in [-0.1, -0.05) is 15.9 Å². The highest BCUT2D eigenvalue weighted by Crippen LogP contribution is 2.16. The van der Waals surface area contributed by atoms with Gasteiger partial charge in [-0.2, -0.15) is 0 Å². The molecule has 0 spiro atoms. The maximum Gasteiger partial charge on any atom is 0.261 e. The van der Waals surface area contributed by atoms with Crippen LogP contribution in [-0.2, 0) is 24.4 Å². The molecular weight excluding hydrogens is 438 g/mol. The summed E-state index contributed by atoms with van der Waals surface area (Å²) < 4.78 is 13.0. The minimum Gasteiger partial charge on any atom is -0.467 e. The largest absolute Gasteiger partial charge is 0.467 e. The first-order valence-corrected chi connectivity index (χ1v) is 9.87. The number of rotatable bonds is 7. The molecule has 7 nitrogen and oxygen atoms in total. The van der Waals surface area contributed by atoms with Crippen molar-refractivity contribution in [2.24, 2.45) is 0 Å². The Hall–Kier alpha value is -3.13. The van der Waals surface area contributed by atoms with E-state index >= 15 is 0 Å². The summed E-state index contributed by atoms with van der Waals surface area (Å²) in [7, 11) is 0. The summed E-state index contributed by atoms with van der Waals surface area (Å²) >= 11 is 3.37. The Morgan fingerprint density at radius 1 is 1.07 bits per heavy atom. The summed E-state index contributed by atoms with van der Waals surface area (Å²) in [6.07, 6.45) is 4.78. The molecule has 0 fully saturated rings. The number of amides is 1. The molecule has 1 amide bonds. The van der Waals surface area contributed by atoms with Gasteiger partial charge >= 0.3 is 0 Å². The van der Waals surface area contributed by atoms with Crippen molar-refractivity contribution in [3.63, 3.8) is 0 Å². The van der Waals surface area contributed by atoms with Crippen LogP contribution in [0.2, 0.25) is 0 Å². The molecule has 29 heavy (non-hydrogen) atoms. The number of aryl methyl sites for hydroxylation is 1. The minimum atomic E-state index is -0.173. The van der Waals surface area contributed by atoms with Gasteiger partial charge in [0.1, 0.15) is 11.5 Å². The highest BCUT2D eigenvalue weighted by molar-refractivity contribution is 9.10. The Labute approximate surface area is 174 Å². The molecule has 0 aliphatic heterocycles. The lowest BCUT2D eigenvalue weighted by atomic mass is 10.2. The lowest BCUT2D eigenvalue weighted by Crippen LogP contribution is -2.32. The van der Waals surface area contributed by atoms with E-state index in [1.54, 1.807) is 41.7 Å². The quantitative estimate of drug-likeness (QED) is 0.421. The van der Waals surface area contributed by atoms with Crippen LogP contribution >= 0.6 is 15.9 Å². The molecule has 0 aliphatic rings. The third kappa shape index (κ3) is 4.48. The molecule has 1 aromatic carbocycles. The smallest absolute Gasteiger partial charge is 0.261 e. The van der Waals surface area contributed by atoms with Crippen LogP contribution in [0, 0.1) is 0 Å². The molecule has 0 atom stereocenters. The van der Waals surface area contributed by atoms with E-state index in [1.807, 2.05) is 18.2 Å². The Kier molecular flexibility index (Phi) is 5.62. The number of halogens is 1. The van der Waals surface area contributed by atoms with Crippen molar-refractivity contribution >= 4 is 32.7 Å². The fraction of sp³-hybridized carbons (Fsp3) is 0.190. The van der Waals surface area contributed by atoms with E-state index in [9.17, 15) is 9.59 Å². The van der Waals surface area contributed by atoms with Gasteiger partial charge in [0.25, 0.3) is 5.56 Å². The molecule has 0 radical (unpaired) electrons. The van der Waals surface area contributed by atoms with Gasteiger partial charge in [0.05, 0.1) is 42.8 Å². The second kappa shape index (κ2) is 8.48. The van der Waals surface area contributed by atoms with Crippen LogP contribution in [0.5, 0.6) is 0 Å². The van der Waals surface area contributed by atoms with Crippen molar-refractivity contribution in [1.82, 2.24) is 14.5 Å². The van der Waals surface area contributed by atoms with Crippen molar-refractivity contribution in [2.45, 2.75) is 26.1 Å². The molecule has 0 saturated carbocycles. The normalized spacial score (nSPS) is 11.1. The van der Waals surface area contributed by atoms with Crippen LogP contribution < -0.4 is 5.56 Å². The van der Waals surface area contributed by atoms with Crippen molar-refractivity contribution in [1.29, 1.82) is 0 Å². The lowest BCUT2D eigenvalue weighted by Gasteiger charge is -2.21. The Morgan fingerprint density at radius 2 is 1.76 bits per heavy atom. The molecule has 3 aromatic heterocycles. The van der Waals surface area contributed by atoms with Gasteiger partial charge in [0.15, 0.2) is 0 Å². The molecule has 4 aromatic rings. The second-order valence-electron chi connectivity index (χ2n) is 6.56. The van der Waals surface area contributed by atoms with Gasteiger partial charge in [-0.25, -0.2) is 4.98 Å². The highest BCUT2D eigenvalue weighted by atomic mass is 79.9. The summed E-state index contributed by atoms with van der Waals surface area (Å²) in [5.74, 6) is 1.25. The van der Waals surface area contributed by atoms with Crippen LogP contribution in [0.3, 0.4) is 0 Å². The molecule has 3 heterocycles. The van der Waals surface area contributed by atoms with Gasteiger partial charge in [-0.3, -0.25) is 14.2 Å². The zero-order valence-corrected chi connectivity index (χ0v) is 17.0. The van der Waals surface area contributed by atoms with Gasteiger partial charge in [0.2, 0.25) is 5.91 Å². The number of aromatic nitrogens is 2. The number of hydrogen-bond donors (Lipinski definition) is 0. The molecule has 8 heteroatoms. The van der Waals surface area contributed by atoms with Crippen molar-refractivity contribution in [3.05, 3.63) is 87.7 Å². The minimum absolute atomic E-state index is 0.112. The molecule has 0 unspecified atom stereocenters. The van der Waals surface area contributed by atoms with Crippen LogP contribution in [0.4, 0.5) is 0 Å². The standard InChI is InChI=1S/C21H18BrN3O4/c22-15-5-6-19-18(11-15)21(27)24(14-23-19)8-7-20(26)25(12-16-3-1-9-28-16)13-17-4-2-10-29-17/h1-6,9-11,14H,7-8,12-13H2. The summed E-state index contributed by atoms with van der Waals surface area (Å²) in [4.78, 5) is 31.6. The number of hydrogen-bond acceptors (Lipinski definition) is 5. The van der Waals surface area contributed by atoms with E-state index in [0.29, 0.717) is 35.5 Å². The fourth-order valence-corrected chi connectivity index (χ4v) is 3.44. The lowest BCUT2D eigenvalue weighted by molar-refractivity contribution is -0.133. The predicted molar refractivity (Wildman–Crippen MR) is 110 cm³/mol. The summed E-state index contributed by atoms with van der Waals surface area (Å²) in [6, 6.07) is 12.6. The summed E-state index contributed by atoms with van der Waals surface area (Å²) in [5, 5.41) is 0.511. The van der Waals surface area contributed by atoms with Crippen LogP contribution in [0.25, 0.3) is 10.9 Å². The molecule has 4 rings (SSSR count). The molecule has 0 N–H and O–H groups in total. The monoisotopic (exact) mass is 455 g/mol. The second-order valence-corrected chi connectivity index (χ2v) is 7.48. The first-order chi connectivity index (χ1) is 14.1. The van der Waals surface area contributed by atoms with Gasteiger partial charge in [-0.15, -0.1) is 0 Å². The number of nitrogens with zero attached hydrogens (tertiary/aromatic N) is 3. The van der Waals surface area contributed by atoms with Crippen molar-refractivity contribution in [2.75, 3.05) is 0 Å². The van der Waals surface area contributed by atoms with E-state index < -0.39 is 0 Å². The van der Waals surface area contributed by atoms with E-state index in [0.717, 1.165) is 4.47 Å². The predicted octanol–water partition coefficient (Wildman–Crippen LogP) is 3.96. The molecule has 0 bridgehead atoms. The van der Waals surface area contributed by atoms with Crippen LogP contribution in [0.15, 0.2) is 79.4 Å². The van der Waals surface area contributed by atoms with E-state index in [2.05, 4.69) is 20.9 Å². The SMILES string of the molecule is O=C(CCn1cnc2ccc(Br)cc2c1=O)N(Cc1ccco1)Cc1ccco1. The Balaban J connectivity index is 1.50. The maximum atomic E-state index is 12.9. The number of benzene rings is 1. The molecule has 148 valence electrons. The average molecular weight is 456 g/mol. The number of furan rings is 2. The zero-order valence-electron chi connectivity index (χ0n) is 15.5. The third-order valence-electron chi connectivity index (χ3n) is 4.56. The Bertz CT molecular complexity index is 1130. The van der Waals surface area contributed by atoms with Gasteiger partial charge < -0.3 is 13.7 Å². The Morgan fingerprint density at radius 3 is 2.38 bits per heavy atom. The van der Waals surface area contributed by atoms with E-state index in [4.69, 9.17) is 8.83 Å². The van der Waals surface area contributed by atoms with E-state index in [1.165, 1.54) is 10.9 Å². The van der Waals surface area contributed by atoms with Crippen LogP contribution in [-0.4, -0.2) is 20.4 Å². The summed E-state index contributed by atoms with van der Waals surface area (Å²) in [5.41, 5.74) is 0.450. The zero-order chi connectivity index (χ0) is 20.2. The topological polar surface area (TPSA) is 81.5 Å². The number of carbonyl (C=O) groups excluding carboxylic acids is 1. The number of fused-ring (bicyclic) bond motifs is 1. The molecular formula is C21H18BrN3O4. The van der Waals surface area contributed by atoms with Gasteiger partial charge in [0, 0.05) is 17.4 Å². The number of carbonyl (C=O) groups is 1. The van der Waals surface area contributed by atoms with Crippen molar-refractivity contribution in [3.8, 4) is 0 Å². The van der Waals surface area contributed by atoms with Crippen molar-refractivity contribution < 1.29 is 13.6 Å². The highest BCUT2D eigenvalue weighted by Gasteiger charge is 2.17. The fourth-order valence-electron chi connectivity index (χ4n) is 3.08. The molecule has 0 aliphatic carbocycles. The average Bonchev–Trinajstić information content (AvgIpc) is 3.41. The third-order valence-corrected chi connectivity index (χ3v) is 5.05. The maximum absolute atomic E-state index is 12.9. The first-order valence-electron chi connectivity index (χ1n) is 9.07. The van der Waals surface area contributed by atoms with Gasteiger partial charge in [-0.05, 0) is 42.5 Å². The summed E-state index contributed by atoms with van der Waals surface area (Å²) in [6.45, 7) is 0.884. The van der Waals surface area contributed by atoms with E-state index in [-0.39, 0.29) is 24.4 Å². The van der Waals surface area contributed by atoms with Crippen LogP contribution in [0.1, 0.15) is 17.9 Å².